The minimum Gasteiger partial charge on any atom is -0.410 e. The summed E-state index contributed by atoms with van der Waals surface area (Å²) >= 11 is 0. The van der Waals surface area contributed by atoms with Crippen molar-refractivity contribution in [1.29, 1.82) is 0 Å². The monoisotopic (exact) mass is 348 g/mol. The first kappa shape index (κ1) is 17.2. The van der Waals surface area contributed by atoms with Gasteiger partial charge in [-0.05, 0) is 47.5 Å². The Labute approximate surface area is 149 Å². The average Bonchev–Trinajstić information content (AvgIpc) is 2.61. The Morgan fingerprint density at radius 1 is 0.808 bits per heavy atom. The third kappa shape index (κ3) is 4.24. The number of carbonyl (C=O) groups excluding carboxylic acids is 3. The van der Waals surface area contributed by atoms with Crippen LogP contribution in [0.5, 0.6) is 5.75 Å². The molecule has 0 aromatic heterocycles. The number of fused-ring (bicyclic) bond motifs is 1. The summed E-state index contributed by atoms with van der Waals surface area (Å²) < 4.78 is 4.99. The standard InChI is InChI=1S/C20H16N2O4/c1-13-5-4-8-17(11-13)26-20(25)22-19(24)21-18(23)16-10-9-14-6-2-3-7-15(14)12-16/h2-12H,1H3,(H2,21,22,23,24,25). The number of ether oxygens (including phenoxy) is 1. The molecule has 0 heterocycles. The van der Waals surface area contributed by atoms with Gasteiger partial charge in [0.2, 0.25) is 0 Å². The molecule has 0 aliphatic heterocycles. The number of carbonyl (C=O) groups is 3. The predicted octanol–water partition coefficient (Wildman–Crippen LogP) is 3.79. The third-order valence-corrected chi connectivity index (χ3v) is 3.65. The van der Waals surface area contributed by atoms with Gasteiger partial charge in [-0.3, -0.25) is 10.1 Å². The van der Waals surface area contributed by atoms with Gasteiger partial charge >= 0.3 is 12.1 Å². The van der Waals surface area contributed by atoms with Crippen LogP contribution in [0.1, 0.15) is 15.9 Å². The Bertz CT molecular complexity index is 998. The van der Waals surface area contributed by atoms with E-state index in [1.807, 2.05) is 42.6 Å². The van der Waals surface area contributed by atoms with Gasteiger partial charge in [0, 0.05) is 5.56 Å². The lowest BCUT2D eigenvalue weighted by molar-refractivity contribution is 0.0964. The zero-order valence-corrected chi connectivity index (χ0v) is 14.0. The average molecular weight is 348 g/mol. The Morgan fingerprint density at radius 2 is 1.58 bits per heavy atom. The summed E-state index contributed by atoms with van der Waals surface area (Å²) in [5.41, 5.74) is 1.22. The van der Waals surface area contributed by atoms with Crippen molar-refractivity contribution in [3.05, 3.63) is 77.9 Å². The highest BCUT2D eigenvalue weighted by atomic mass is 16.6. The number of rotatable bonds is 2. The van der Waals surface area contributed by atoms with Crippen LogP contribution < -0.4 is 15.4 Å². The molecule has 4 amide bonds. The van der Waals surface area contributed by atoms with E-state index in [1.54, 1.807) is 36.4 Å². The van der Waals surface area contributed by atoms with E-state index in [-0.39, 0.29) is 0 Å². The van der Waals surface area contributed by atoms with Gasteiger partial charge in [-0.1, -0.05) is 42.5 Å². The highest BCUT2D eigenvalue weighted by molar-refractivity contribution is 6.08. The number of hydrogen-bond acceptors (Lipinski definition) is 4. The Balaban J connectivity index is 1.59. The first-order valence-electron chi connectivity index (χ1n) is 7.91. The first-order chi connectivity index (χ1) is 12.5. The van der Waals surface area contributed by atoms with E-state index in [0.717, 1.165) is 16.3 Å². The van der Waals surface area contributed by atoms with Gasteiger partial charge in [0.25, 0.3) is 5.91 Å². The van der Waals surface area contributed by atoms with Gasteiger partial charge in [-0.25, -0.2) is 14.9 Å². The molecule has 6 heteroatoms. The summed E-state index contributed by atoms with van der Waals surface area (Å²) in [6, 6.07) is 18.5. The van der Waals surface area contributed by atoms with Gasteiger partial charge in [-0.2, -0.15) is 0 Å². The Morgan fingerprint density at radius 3 is 2.35 bits per heavy atom. The number of imide groups is 2. The first-order valence-corrected chi connectivity index (χ1v) is 7.91. The number of aryl methyl sites for hydroxylation is 1. The Kier molecular flexibility index (Phi) is 4.94. The fourth-order valence-electron chi connectivity index (χ4n) is 2.44. The smallest absolute Gasteiger partial charge is 0.410 e. The van der Waals surface area contributed by atoms with Gasteiger partial charge in [0.05, 0.1) is 0 Å². The van der Waals surface area contributed by atoms with Crippen LogP contribution in [0, 0.1) is 6.92 Å². The second-order valence-corrected chi connectivity index (χ2v) is 5.68. The molecule has 0 fully saturated rings. The van der Waals surface area contributed by atoms with E-state index in [2.05, 4.69) is 5.32 Å². The van der Waals surface area contributed by atoms with Crippen molar-refractivity contribution in [2.24, 2.45) is 0 Å². The van der Waals surface area contributed by atoms with Crippen molar-refractivity contribution in [2.75, 3.05) is 0 Å². The van der Waals surface area contributed by atoms with Crippen LogP contribution in [0.25, 0.3) is 10.8 Å². The number of urea groups is 1. The molecule has 26 heavy (non-hydrogen) atoms. The number of benzene rings is 3. The summed E-state index contributed by atoms with van der Waals surface area (Å²) in [4.78, 5) is 35.7. The molecule has 2 N–H and O–H groups in total. The minimum atomic E-state index is -0.973. The molecular formula is C20H16N2O4. The van der Waals surface area contributed by atoms with Crippen molar-refractivity contribution < 1.29 is 19.1 Å². The third-order valence-electron chi connectivity index (χ3n) is 3.65. The van der Waals surface area contributed by atoms with Crippen LogP contribution >= 0.6 is 0 Å². The van der Waals surface area contributed by atoms with E-state index < -0.39 is 18.0 Å². The summed E-state index contributed by atoms with van der Waals surface area (Å²) in [7, 11) is 0. The van der Waals surface area contributed by atoms with Crippen LogP contribution in [0.2, 0.25) is 0 Å². The number of nitrogens with one attached hydrogen (secondary N) is 2. The van der Waals surface area contributed by atoms with Crippen molar-refractivity contribution in [3.8, 4) is 5.75 Å². The SMILES string of the molecule is Cc1cccc(OC(=O)NC(=O)NC(=O)c2ccc3ccccc3c2)c1. The van der Waals surface area contributed by atoms with Gasteiger partial charge in [-0.15, -0.1) is 0 Å². The minimum absolute atomic E-state index is 0.302. The van der Waals surface area contributed by atoms with E-state index in [4.69, 9.17) is 4.74 Å². The molecule has 0 atom stereocenters. The van der Waals surface area contributed by atoms with E-state index in [1.165, 1.54) is 0 Å². The summed E-state index contributed by atoms with van der Waals surface area (Å²) in [6.45, 7) is 1.85. The highest BCUT2D eigenvalue weighted by Crippen LogP contribution is 2.15. The van der Waals surface area contributed by atoms with Crippen LogP contribution in [0.4, 0.5) is 9.59 Å². The molecule has 0 aliphatic carbocycles. The predicted molar refractivity (Wildman–Crippen MR) is 97.1 cm³/mol. The maximum atomic E-state index is 12.2. The topological polar surface area (TPSA) is 84.5 Å². The molecule has 0 saturated heterocycles. The molecule has 0 saturated carbocycles. The molecule has 6 nitrogen and oxygen atoms in total. The molecule has 3 aromatic carbocycles. The van der Waals surface area contributed by atoms with Crippen LogP contribution in [0.15, 0.2) is 66.7 Å². The van der Waals surface area contributed by atoms with Crippen molar-refractivity contribution >= 4 is 28.8 Å². The Hall–Kier alpha value is -3.67. The maximum Gasteiger partial charge on any atom is 0.420 e. The van der Waals surface area contributed by atoms with E-state index >= 15 is 0 Å². The van der Waals surface area contributed by atoms with Gasteiger partial charge < -0.3 is 4.74 Å². The number of amides is 4. The fraction of sp³-hybridized carbons (Fsp3) is 0.0500. The van der Waals surface area contributed by atoms with Crippen LogP contribution in [-0.2, 0) is 0 Å². The maximum absolute atomic E-state index is 12.2. The van der Waals surface area contributed by atoms with E-state index in [9.17, 15) is 14.4 Å². The normalized spacial score (nSPS) is 10.2. The zero-order valence-electron chi connectivity index (χ0n) is 14.0. The van der Waals surface area contributed by atoms with Crippen molar-refractivity contribution in [3.63, 3.8) is 0 Å². The molecule has 3 aromatic rings. The summed E-state index contributed by atoms with van der Waals surface area (Å²) in [5, 5.41) is 5.91. The fourth-order valence-corrected chi connectivity index (χ4v) is 2.44. The molecule has 0 radical (unpaired) electrons. The van der Waals surface area contributed by atoms with E-state index in [0.29, 0.717) is 11.3 Å². The summed E-state index contributed by atoms with van der Waals surface area (Å²) in [5.74, 6) is -0.312. The quantitative estimate of drug-likeness (QED) is 0.738. The molecule has 0 aliphatic rings. The molecule has 0 spiro atoms. The lowest BCUT2D eigenvalue weighted by Crippen LogP contribution is -2.43. The van der Waals surface area contributed by atoms with Crippen molar-refractivity contribution in [2.45, 2.75) is 6.92 Å². The highest BCUT2D eigenvalue weighted by Gasteiger charge is 2.14. The molecule has 3 rings (SSSR count). The van der Waals surface area contributed by atoms with Gasteiger partial charge in [0.1, 0.15) is 5.75 Å². The van der Waals surface area contributed by atoms with Crippen LogP contribution in [-0.4, -0.2) is 18.0 Å². The molecular weight excluding hydrogens is 332 g/mol. The number of hydrogen-bond donors (Lipinski definition) is 2. The van der Waals surface area contributed by atoms with Crippen LogP contribution in [0.3, 0.4) is 0 Å². The second kappa shape index (κ2) is 7.48. The molecule has 0 bridgehead atoms. The van der Waals surface area contributed by atoms with Crippen molar-refractivity contribution in [1.82, 2.24) is 10.6 Å². The lowest BCUT2D eigenvalue weighted by atomic mass is 10.1. The molecule has 130 valence electrons. The lowest BCUT2D eigenvalue weighted by Gasteiger charge is -2.08. The molecule has 0 unspecified atom stereocenters. The summed E-state index contributed by atoms with van der Waals surface area (Å²) in [6.07, 6.45) is -0.973. The zero-order chi connectivity index (χ0) is 18.5. The second-order valence-electron chi connectivity index (χ2n) is 5.68. The largest absolute Gasteiger partial charge is 0.420 e. The van der Waals surface area contributed by atoms with Gasteiger partial charge in [0.15, 0.2) is 0 Å².